The lowest BCUT2D eigenvalue weighted by Crippen LogP contribution is -2.28. The van der Waals surface area contributed by atoms with Crippen LogP contribution in [0, 0.1) is 6.92 Å². The van der Waals surface area contributed by atoms with E-state index in [1.807, 2.05) is 55.5 Å². The summed E-state index contributed by atoms with van der Waals surface area (Å²) in [6.45, 7) is 2.21. The van der Waals surface area contributed by atoms with Crippen molar-refractivity contribution in [3.8, 4) is 17.1 Å². The number of nitrogens with zero attached hydrogens (tertiary/aromatic N) is 2. The number of aryl methyl sites for hydroxylation is 1. The van der Waals surface area contributed by atoms with Gasteiger partial charge in [0.2, 0.25) is 0 Å². The summed E-state index contributed by atoms with van der Waals surface area (Å²) >= 11 is 0. The molecular formula is C18H19N5O2. The summed E-state index contributed by atoms with van der Waals surface area (Å²) in [6.07, 6.45) is 0. The van der Waals surface area contributed by atoms with Crippen LogP contribution in [-0.2, 0) is 6.54 Å². The number of ether oxygens (including phenoxy) is 1. The molecule has 0 aliphatic carbocycles. The van der Waals surface area contributed by atoms with Crippen LogP contribution in [0.25, 0.3) is 11.4 Å². The minimum atomic E-state index is -0.297. The lowest BCUT2D eigenvalue weighted by atomic mass is 10.2. The van der Waals surface area contributed by atoms with Gasteiger partial charge in [-0.2, -0.15) is 5.10 Å². The Morgan fingerprint density at radius 3 is 2.80 bits per heavy atom. The van der Waals surface area contributed by atoms with Crippen molar-refractivity contribution in [3.63, 3.8) is 0 Å². The summed E-state index contributed by atoms with van der Waals surface area (Å²) < 4.78 is 5.27. The number of para-hydroxylation sites is 1. The first-order valence-electron chi connectivity index (χ1n) is 7.82. The zero-order valence-electron chi connectivity index (χ0n) is 14.0. The van der Waals surface area contributed by atoms with Crippen molar-refractivity contribution in [1.82, 2.24) is 20.5 Å². The number of carbonyl (C=O) groups is 1. The summed E-state index contributed by atoms with van der Waals surface area (Å²) in [6, 6.07) is 14.6. The minimum absolute atomic E-state index is 0.297. The van der Waals surface area contributed by atoms with Gasteiger partial charge in [-0.1, -0.05) is 30.3 Å². The highest BCUT2D eigenvalue weighted by Crippen LogP contribution is 2.19. The average Bonchev–Trinajstić information content (AvgIpc) is 3.07. The molecule has 0 bridgehead atoms. The van der Waals surface area contributed by atoms with E-state index in [0.717, 1.165) is 22.7 Å². The summed E-state index contributed by atoms with van der Waals surface area (Å²) in [5.74, 6) is 2.07. The number of aromatic amines is 1. The number of urea groups is 1. The lowest BCUT2D eigenvalue weighted by Gasteiger charge is -2.11. The Kier molecular flexibility index (Phi) is 4.94. The second-order valence-electron chi connectivity index (χ2n) is 5.44. The SMILES string of the molecule is COc1ccccc1CNC(=O)Nc1cccc(-c2n[nH]c(C)n2)c1. The summed E-state index contributed by atoms with van der Waals surface area (Å²) in [5, 5.41) is 12.6. The van der Waals surface area contributed by atoms with E-state index in [1.54, 1.807) is 7.11 Å². The second-order valence-corrected chi connectivity index (χ2v) is 5.44. The maximum Gasteiger partial charge on any atom is 0.319 e. The molecule has 3 aromatic rings. The molecule has 3 rings (SSSR count). The van der Waals surface area contributed by atoms with Gasteiger partial charge >= 0.3 is 6.03 Å². The minimum Gasteiger partial charge on any atom is -0.496 e. The Morgan fingerprint density at radius 2 is 2.04 bits per heavy atom. The maximum atomic E-state index is 12.1. The molecule has 2 amide bonds. The van der Waals surface area contributed by atoms with Crippen molar-refractivity contribution >= 4 is 11.7 Å². The van der Waals surface area contributed by atoms with Crippen LogP contribution < -0.4 is 15.4 Å². The molecule has 25 heavy (non-hydrogen) atoms. The third kappa shape index (κ3) is 4.14. The molecule has 7 heteroatoms. The largest absolute Gasteiger partial charge is 0.496 e. The van der Waals surface area contributed by atoms with Gasteiger partial charge in [0.1, 0.15) is 11.6 Å². The van der Waals surface area contributed by atoms with E-state index in [2.05, 4.69) is 25.8 Å². The first-order valence-corrected chi connectivity index (χ1v) is 7.82. The van der Waals surface area contributed by atoms with Gasteiger partial charge in [0, 0.05) is 23.4 Å². The molecule has 7 nitrogen and oxygen atoms in total. The van der Waals surface area contributed by atoms with E-state index in [9.17, 15) is 4.79 Å². The fourth-order valence-corrected chi connectivity index (χ4v) is 2.41. The molecule has 1 heterocycles. The Labute approximate surface area is 145 Å². The van der Waals surface area contributed by atoms with E-state index in [-0.39, 0.29) is 6.03 Å². The zero-order chi connectivity index (χ0) is 17.6. The van der Waals surface area contributed by atoms with Gasteiger partial charge in [0.05, 0.1) is 7.11 Å². The van der Waals surface area contributed by atoms with E-state index in [4.69, 9.17) is 4.74 Å². The fraction of sp³-hybridized carbons (Fsp3) is 0.167. The molecule has 128 valence electrons. The van der Waals surface area contributed by atoms with Crippen molar-refractivity contribution in [2.75, 3.05) is 12.4 Å². The third-order valence-electron chi connectivity index (χ3n) is 3.61. The predicted octanol–water partition coefficient (Wildman–Crippen LogP) is 3.11. The van der Waals surface area contributed by atoms with Crippen LogP contribution in [0.15, 0.2) is 48.5 Å². The molecule has 0 saturated carbocycles. The Hall–Kier alpha value is -3.35. The number of carbonyl (C=O) groups excluding carboxylic acids is 1. The lowest BCUT2D eigenvalue weighted by molar-refractivity contribution is 0.251. The monoisotopic (exact) mass is 337 g/mol. The number of methoxy groups -OCH3 is 1. The third-order valence-corrected chi connectivity index (χ3v) is 3.61. The molecule has 0 aliphatic heterocycles. The topological polar surface area (TPSA) is 91.9 Å². The van der Waals surface area contributed by atoms with E-state index in [0.29, 0.717) is 18.1 Å². The van der Waals surface area contributed by atoms with Crippen LogP contribution in [0.1, 0.15) is 11.4 Å². The summed E-state index contributed by atoms with van der Waals surface area (Å²) in [7, 11) is 1.61. The van der Waals surface area contributed by atoms with Crippen LogP contribution in [0.5, 0.6) is 5.75 Å². The van der Waals surface area contributed by atoms with Crippen LogP contribution in [0.2, 0.25) is 0 Å². The van der Waals surface area contributed by atoms with E-state index >= 15 is 0 Å². The molecule has 0 fully saturated rings. The molecular weight excluding hydrogens is 318 g/mol. The number of H-pyrrole nitrogens is 1. The van der Waals surface area contributed by atoms with Gasteiger partial charge in [0.15, 0.2) is 5.82 Å². The molecule has 0 aliphatic rings. The quantitative estimate of drug-likeness (QED) is 0.667. The summed E-state index contributed by atoms with van der Waals surface area (Å²) in [5.41, 5.74) is 2.40. The number of hydrogen-bond acceptors (Lipinski definition) is 4. The number of nitrogens with one attached hydrogen (secondary N) is 3. The predicted molar refractivity (Wildman–Crippen MR) is 95.4 cm³/mol. The van der Waals surface area contributed by atoms with Gasteiger partial charge in [-0.05, 0) is 25.1 Å². The van der Waals surface area contributed by atoms with Gasteiger partial charge in [-0.3, -0.25) is 5.10 Å². The van der Waals surface area contributed by atoms with Crippen molar-refractivity contribution in [2.45, 2.75) is 13.5 Å². The van der Waals surface area contributed by atoms with Crippen LogP contribution in [0.3, 0.4) is 0 Å². The molecule has 0 saturated heterocycles. The van der Waals surface area contributed by atoms with E-state index < -0.39 is 0 Å². The second kappa shape index (κ2) is 7.48. The molecule has 1 aromatic heterocycles. The Balaban J connectivity index is 1.63. The number of anilines is 1. The van der Waals surface area contributed by atoms with E-state index in [1.165, 1.54) is 0 Å². The van der Waals surface area contributed by atoms with Crippen molar-refractivity contribution in [1.29, 1.82) is 0 Å². The van der Waals surface area contributed by atoms with Crippen molar-refractivity contribution in [2.24, 2.45) is 0 Å². The highest BCUT2D eigenvalue weighted by Gasteiger charge is 2.08. The summed E-state index contributed by atoms with van der Waals surface area (Å²) in [4.78, 5) is 16.4. The molecule has 0 atom stereocenters. The average molecular weight is 337 g/mol. The normalized spacial score (nSPS) is 10.3. The standard InChI is InChI=1S/C18H19N5O2/c1-12-20-17(23-22-12)13-7-5-8-15(10-13)21-18(24)19-11-14-6-3-4-9-16(14)25-2/h3-10H,11H2,1-2H3,(H2,19,21,24)(H,20,22,23). The smallest absolute Gasteiger partial charge is 0.319 e. The van der Waals surface area contributed by atoms with Gasteiger partial charge in [-0.25, -0.2) is 9.78 Å². The first kappa shape index (κ1) is 16.5. The van der Waals surface area contributed by atoms with Crippen LogP contribution >= 0.6 is 0 Å². The highest BCUT2D eigenvalue weighted by molar-refractivity contribution is 5.89. The zero-order valence-corrected chi connectivity index (χ0v) is 14.0. The van der Waals surface area contributed by atoms with Crippen LogP contribution in [0.4, 0.5) is 10.5 Å². The van der Waals surface area contributed by atoms with Gasteiger partial charge in [-0.15, -0.1) is 0 Å². The van der Waals surface area contributed by atoms with Crippen LogP contribution in [-0.4, -0.2) is 28.3 Å². The van der Waals surface area contributed by atoms with Gasteiger partial charge < -0.3 is 15.4 Å². The van der Waals surface area contributed by atoms with Gasteiger partial charge in [0.25, 0.3) is 0 Å². The highest BCUT2D eigenvalue weighted by atomic mass is 16.5. The number of amides is 2. The number of rotatable bonds is 5. The number of hydrogen-bond donors (Lipinski definition) is 3. The molecule has 3 N–H and O–H groups in total. The maximum absolute atomic E-state index is 12.1. The Morgan fingerprint density at radius 1 is 1.20 bits per heavy atom. The molecule has 2 aromatic carbocycles. The number of aromatic nitrogens is 3. The van der Waals surface area contributed by atoms with Crippen molar-refractivity contribution in [3.05, 3.63) is 59.9 Å². The fourth-order valence-electron chi connectivity index (χ4n) is 2.41. The number of benzene rings is 2. The molecule has 0 spiro atoms. The Bertz CT molecular complexity index is 875. The van der Waals surface area contributed by atoms with Crippen molar-refractivity contribution < 1.29 is 9.53 Å². The first-order chi connectivity index (χ1) is 12.2. The molecule has 0 radical (unpaired) electrons. The molecule has 0 unspecified atom stereocenters.